The lowest BCUT2D eigenvalue weighted by Gasteiger charge is -2.30. The van der Waals surface area contributed by atoms with Crippen LogP contribution in [-0.2, 0) is 31.7 Å². The van der Waals surface area contributed by atoms with Gasteiger partial charge in [0.25, 0.3) is 0 Å². The molecule has 0 aliphatic carbocycles. The lowest BCUT2D eigenvalue weighted by Crippen LogP contribution is -2.50. The van der Waals surface area contributed by atoms with Gasteiger partial charge in [-0.1, -0.05) is 60.2 Å². The van der Waals surface area contributed by atoms with Crippen molar-refractivity contribution in [2.75, 3.05) is 0 Å². The summed E-state index contributed by atoms with van der Waals surface area (Å²) in [5, 5.41) is 0. The zero-order chi connectivity index (χ0) is 18.1. The second-order valence-corrected chi connectivity index (χ2v) is 8.45. The molecule has 1 fully saturated rings. The van der Waals surface area contributed by atoms with Crippen molar-refractivity contribution in [3.05, 3.63) is 77.9 Å². The topological polar surface area (TPSA) is 52.6 Å². The van der Waals surface area contributed by atoms with Crippen molar-refractivity contribution in [1.82, 2.24) is 0 Å². The number of carbonyl (C=O) groups excluding carboxylic acids is 1. The van der Waals surface area contributed by atoms with E-state index in [1.54, 1.807) is 0 Å². The Kier molecular flexibility index (Phi) is 4.51. The fraction of sp³-hybridized carbons (Fsp3) is 0.286. The van der Waals surface area contributed by atoms with Gasteiger partial charge in [0.2, 0.25) is 0 Å². The van der Waals surface area contributed by atoms with Crippen LogP contribution in [0.4, 0.5) is 0 Å². The minimum Gasteiger partial charge on any atom is -0.460 e. The van der Waals surface area contributed by atoms with E-state index in [1.165, 1.54) is 0 Å². The Morgan fingerprint density at radius 1 is 1.15 bits per heavy atom. The maximum Gasteiger partial charge on any atom is 0.328 e. The highest BCUT2D eigenvalue weighted by Gasteiger charge is 2.60. The molecule has 0 radical (unpaired) electrons. The quantitative estimate of drug-likeness (QED) is 0.600. The summed E-state index contributed by atoms with van der Waals surface area (Å²) in [7, 11) is -1.56. The molecule has 0 N–H and O–H groups in total. The second kappa shape index (κ2) is 6.82. The summed E-state index contributed by atoms with van der Waals surface area (Å²) in [5.74, 6) is -0.461. The molecule has 2 aromatic rings. The Labute approximate surface area is 155 Å². The number of ether oxygens (including phenoxy) is 2. The molecule has 4 rings (SSSR count). The number of rotatable bonds is 5. The highest BCUT2D eigenvalue weighted by molar-refractivity contribution is 7.87. The van der Waals surface area contributed by atoms with Crippen molar-refractivity contribution in [2.24, 2.45) is 0 Å². The van der Waals surface area contributed by atoms with E-state index >= 15 is 0 Å². The molecule has 1 unspecified atom stereocenters. The molecule has 4 atom stereocenters. The van der Waals surface area contributed by atoms with E-state index in [-0.39, 0.29) is 12.7 Å². The Balaban J connectivity index is 1.62. The van der Waals surface area contributed by atoms with E-state index in [4.69, 9.17) is 9.47 Å². The predicted molar refractivity (Wildman–Crippen MR) is 99.0 cm³/mol. The van der Waals surface area contributed by atoms with Gasteiger partial charge in [-0.15, -0.1) is 0 Å². The Morgan fingerprint density at radius 2 is 1.88 bits per heavy atom. The van der Waals surface area contributed by atoms with Gasteiger partial charge in [-0.2, -0.15) is 0 Å². The van der Waals surface area contributed by atoms with Crippen molar-refractivity contribution in [3.8, 4) is 0 Å². The lowest BCUT2D eigenvalue weighted by molar-refractivity contribution is -0.149. The maximum atomic E-state index is 13.4. The molecule has 2 bridgehead atoms. The largest absolute Gasteiger partial charge is 0.460 e. The monoisotopic (exact) mass is 368 g/mol. The van der Waals surface area contributed by atoms with E-state index in [2.05, 4.69) is 0 Å². The molecule has 5 heteroatoms. The normalized spacial score (nSPS) is 27.4. The number of carbonyl (C=O) groups is 1. The Hall–Kier alpha value is -2.24. The number of hydrogen-bond acceptors (Lipinski definition) is 4. The zero-order valence-corrected chi connectivity index (χ0v) is 15.3. The van der Waals surface area contributed by atoms with Crippen LogP contribution in [0.1, 0.15) is 17.5 Å². The smallest absolute Gasteiger partial charge is 0.328 e. The van der Waals surface area contributed by atoms with Crippen LogP contribution < -0.4 is 0 Å². The van der Waals surface area contributed by atoms with Gasteiger partial charge in [-0.3, -0.25) is 9.00 Å². The first-order chi connectivity index (χ1) is 12.6. The molecule has 4 nitrogen and oxygen atoms in total. The minimum atomic E-state index is -1.56. The van der Waals surface area contributed by atoms with Crippen LogP contribution in [0.3, 0.4) is 0 Å². The van der Waals surface area contributed by atoms with Crippen LogP contribution in [0, 0.1) is 6.92 Å². The second-order valence-electron chi connectivity index (χ2n) is 6.72. The van der Waals surface area contributed by atoms with Gasteiger partial charge < -0.3 is 9.47 Å². The van der Waals surface area contributed by atoms with Gasteiger partial charge >= 0.3 is 5.97 Å². The van der Waals surface area contributed by atoms with Gasteiger partial charge in [-0.05, 0) is 24.6 Å². The van der Waals surface area contributed by atoms with E-state index < -0.39 is 27.6 Å². The summed E-state index contributed by atoms with van der Waals surface area (Å²) in [6.07, 6.45) is 3.45. The van der Waals surface area contributed by atoms with Gasteiger partial charge in [0.15, 0.2) is 4.75 Å². The number of esters is 1. The van der Waals surface area contributed by atoms with Gasteiger partial charge in [0.05, 0.1) is 16.9 Å². The molecule has 0 aromatic heterocycles. The third-order valence-corrected chi connectivity index (χ3v) is 6.84. The summed E-state index contributed by atoms with van der Waals surface area (Å²) in [5.41, 5.74) is 1.98. The molecule has 0 amide bonds. The molecule has 0 spiro atoms. The fourth-order valence-electron chi connectivity index (χ4n) is 3.47. The molecule has 2 aliphatic heterocycles. The van der Waals surface area contributed by atoms with Crippen LogP contribution in [0.2, 0.25) is 0 Å². The third-order valence-electron chi connectivity index (χ3n) is 4.91. The van der Waals surface area contributed by atoms with Crippen LogP contribution in [0.5, 0.6) is 0 Å². The zero-order valence-electron chi connectivity index (χ0n) is 14.5. The Bertz CT molecular complexity index is 859. The van der Waals surface area contributed by atoms with Crippen molar-refractivity contribution in [1.29, 1.82) is 0 Å². The average Bonchev–Trinajstić information content (AvgIpc) is 3.29. The molecular formula is C21H20O4S. The van der Waals surface area contributed by atoms with Crippen molar-refractivity contribution in [3.63, 3.8) is 0 Å². The molecule has 0 saturated carbocycles. The SMILES string of the molecule is Cc1ccc(S(=O)[C@]2(C(=O)OCc3ccccc3)C[C@H]3C=C[C@@H]2O3)cc1. The van der Waals surface area contributed by atoms with Gasteiger partial charge in [-0.25, -0.2) is 0 Å². The van der Waals surface area contributed by atoms with E-state index in [0.717, 1.165) is 11.1 Å². The third kappa shape index (κ3) is 2.91. The van der Waals surface area contributed by atoms with E-state index in [9.17, 15) is 9.00 Å². The molecule has 2 aliphatic rings. The fourth-order valence-corrected chi connectivity index (χ4v) is 5.15. The van der Waals surface area contributed by atoms with Crippen molar-refractivity contribution in [2.45, 2.75) is 41.8 Å². The van der Waals surface area contributed by atoms with Crippen LogP contribution in [0.25, 0.3) is 0 Å². The summed E-state index contributed by atoms with van der Waals surface area (Å²) in [4.78, 5) is 13.7. The summed E-state index contributed by atoms with van der Waals surface area (Å²) < 4.78 is 23.6. The minimum absolute atomic E-state index is 0.160. The van der Waals surface area contributed by atoms with E-state index in [1.807, 2.05) is 73.7 Å². The van der Waals surface area contributed by atoms with Gasteiger partial charge in [0.1, 0.15) is 12.7 Å². The van der Waals surface area contributed by atoms with Crippen LogP contribution in [-0.4, -0.2) is 27.1 Å². The molecule has 1 saturated heterocycles. The van der Waals surface area contributed by atoms with E-state index in [0.29, 0.717) is 11.3 Å². The van der Waals surface area contributed by atoms with Crippen molar-refractivity contribution >= 4 is 16.8 Å². The Morgan fingerprint density at radius 3 is 2.50 bits per heavy atom. The molecular weight excluding hydrogens is 348 g/mol. The molecule has 26 heavy (non-hydrogen) atoms. The van der Waals surface area contributed by atoms with Crippen LogP contribution in [0.15, 0.2) is 71.6 Å². The first kappa shape index (κ1) is 17.2. The average molecular weight is 368 g/mol. The molecule has 2 aromatic carbocycles. The highest BCUT2D eigenvalue weighted by atomic mass is 32.2. The van der Waals surface area contributed by atoms with Crippen molar-refractivity contribution < 1.29 is 18.5 Å². The standard InChI is InChI=1S/C21H20O4S/c1-15-7-10-18(11-8-15)26(23)21(13-17-9-12-19(21)25-17)20(22)24-14-16-5-3-2-4-6-16/h2-12,17,19H,13-14H2,1H3/t17-,19+,21-,26?/m1/s1. The predicted octanol–water partition coefficient (Wildman–Crippen LogP) is 3.31. The first-order valence-electron chi connectivity index (χ1n) is 8.63. The summed E-state index contributed by atoms with van der Waals surface area (Å²) >= 11 is 0. The molecule has 2 heterocycles. The summed E-state index contributed by atoms with van der Waals surface area (Å²) in [6, 6.07) is 16.9. The lowest BCUT2D eigenvalue weighted by atomic mass is 9.93. The number of aryl methyl sites for hydroxylation is 1. The first-order valence-corrected chi connectivity index (χ1v) is 9.78. The molecule has 134 valence electrons. The summed E-state index contributed by atoms with van der Waals surface area (Å²) in [6.45, 7) is 2.13. The van der Waals surface area contributed by atoms with Gasteiger partial charge in [0, 0.05) is 11.3 Å². The number of hydrogen-bond donors (Lipinski definition) is 0. The number of fused-ring (bicyclic) bond motifs is 2. The maximum absolute atomic E-state index is 13.4. The van der Waals surface area contributed by atoms with Crippen LogP contribution >= 0.6 is 0 Å². The highest BCUT2D eigenvalue weighted by Crippen LogP contribution is 2.44. The number of benzene rings is 2.